The van der Waals surface area contributed by atoms with E-state index in [2.05, 4.69) is 5.32 Å². The van der Waals surface area contributed by atoms with E-state index in [1.54, 1.807) is 7.11 Å². The highest BCUT2D eigenvalue weighted by Crippen LogP contribution is 2.16. The lowest BCUT2D eigenvalue weighted by atomic mass is 10.2. The number of aliphatic hydroxyl groups is 2. The van der Waals surface area contributed by atoms with Crippen molar-refractivity contribution < 1.29 is 14.9 Å². The molecule has 0 saturated heterocycles. The molecule has 15 heavy (non-hydrogen) atoms. The second-order valence-electron chi connectivity index (χ2n) is 3.25. The van der Waals surface area contributed by atoms with E-state index in [-0.39, 0.29) is 19.3 Å². The molecule has 4 nitrogen and oxygen atoms in total. The molecule has 0 heterocycles. The summed E-state index contributed by atoms with van der Waals surface area (Å²) in [6.45, 7) is 0.410. The summed E-state index contributed by atoms with van der Waals surface area (Å²) in [6.07, 6.45) is 0. The summed E-state index contributed by atoms with van der Waals surface area (Å²) in [5.74, 6) is 0.805. The third kappa shape index (κ3) is 3.51. The van der Waals surface area contributed by atoms with Crippen LogP contribution in [0.5, 0.6) is 5.75 Å². The Bertz CT molecular complexity index is 287. The number of rotatable bonds is 6. The minimum atomic E-state index is -0.282. The number of hydrogen-bond donors (Lipinski definition) is 3. The molecule has 1 rings (SSSR count). The van der Waals surface area contributed by atoms with E-state index >= 15 is 0 Å². The van der Waals surface area contributed by atoms with Gasteiger partial charge in [-0.05, 0) is 6.07 Å². The van der Waals surface area contributed by atoms with Crippen LogP contribution in [0.1, 0.15) is 5.56 Å². The molecule has 0 fully saturated rings. The van der Waals surface area contributed by atoms with Crippen molar-refractivity contribution in [3.8, 4) is 5.75 Å². The van der Waals surface area contributed by atoms with Crippen LogP contribution in [-0.4, -0.2) is 36.6 Å². The summed E-state index contributed by atoms with van der Waals surface area (Å²) in [4.78, 5) is 0. The van der Waals surface area contributed by atoms with Crippen LogP contribution < -0.4 is 10.1 Å². The molecular formula is C11H17NO3. The smallest absolute Gasteiger partial charge is 0.123 e. The van der Waals surface area contributed by atoms with Crippen molar-refractivity contribution in [1.29, 1.82) is 0 Å². The molecule has 0 aliphatic carbocycles. The average molecular weight is 211 g/mol. The van der Waals surface area contributed by atoms with Crippen LogP contribution in [0.2, 0.25) is 0 Å². The zero-order valence-electron chi connectivity index (χ0n) is 8.81. The van der Waals surface area contributed by atoms with Gasteiger partial charge in [0, 0.05) is 12.1 Å². The maximum absolute atomic E-state index is 8.88. The van der Waals surface area contributed by atoms with Crippen LogP contribution in [0.3, 0.4) is 0 Å². The quantitative estimate of drug-likeness (QED) is 0.626. The van der Waals surface area contributed by atoms with Crippen LogP contribution in [0.4, 0.5) is 0 Å². The molecule has 0 unspecified atom stereocenters. The van der Waals surface area contributed by atoms with E-state index in [1.807, 2.05) is 24.3 Å². The molecule has 3 N–H and O–H groups in total. The highest BCUT2D eigenvalue weighted by molar-refractivity contribution is 5.32. The van der Waals surface area contributed by atoms with Gasteiger partial charge in [-0.2, -0.15) is 0 Å². The summed E-state index contributed by atoms with van der Waals surface area (Å²) in [6, 6.07) is 7.36. The minimum Gasteiger partial charge on any atom is -0.496 e. The molecule has 0 bridgehead atoms. The first-order valence-corrected chi connectivity index (χ1v) is 4.88. The van der Waals surface area contributed by atoms with E-state index in [1.165, 1.54) is 0 Å². The first-order chi connectivity index (χ1) is 7.31. The van der Waals surface area contributed by atoms with Crippen molar-refractivity contribution in [2.45, 2.75) is 12.6 Å². The van der Waals surface area contributed by atoms with Gasteiger partial charge in [0.05, 0.1) is 26.4 Å². The molecule has 1 aromatic carbocycles. The predicted molar refractivity (Wildman–Crippen MR) is 57.8 cm³/mol. The second-order valence-corrected chi connectivity index (χ2v) is 3.25. The molecule has 0 aliphatic heterocycles. The molecule has 0 atom stereocenters. The lowest BCUT2D eigenvalue weighted by Crippen LogP contribution is -2.35. The van der Waals surface area contributed by atoms with E-state index < -0.39 is 0 Å². The number of aliphatic hydroxyl groups excluding tert-OH is 2. The Balaban J connectivity index is 2.56. The van der Waals surface area contributed by atoms with Gasteiger partial charge in [-0.25, -0.2) is 0 Å². The molecule has 0 radical (unpaired) electrons. The highest BCUT2D eigenvalue weighted by atomic mass is 16.5. The molecular weight excluding hydrogens is 194 g/mol. The zero-order valence-corrected chi connectivity index (χ0v) is 8.81. The van der Waals surface area contributed by atoms with E-state index in [0.717, 1.165) is 11.3 Å². The molecule has 4 heteroatoms. The van der Waals surface area contributed by atoms with Gasteiger partial charge in [0.15, 0.2) is 0 Å². The topological polar surface area (TPSA) is 61.7 Å². The Hall–Kier alpha value is -1.10. The van der Waals surface area contributed by atoms with Crippen LogP contribution >= 0.6 is 0 Å². The predicted octanol–water partition coefficient (Wildman–Crippen LogP) is 0.138. The highest BCUT2D eigenvalue weighted by Gasteiger charge is 2.06. The lowest BCUT2D eigenvalue weighted by molar-refractivity contribution is 0.170. The molecule has 0 saturated carbocycles. The Morgan fingerprint density at radius 3 is 2.53 bits per heavy atom. The molecule has 0 spiro atoms. The standard InChI is InChI=1S/C11H17NO3/c1-15-11-5-3-2-4-9(11)6-12-10(7-13)8-14/h2-5,10,12-14H,6-8H2,1H3. The summed E-state index contributed by atoms with van der Waals surface area (Å²) in [5.41, 5.74) is 1.01. The Morgan fingerprint density at radius 1 is 1.27 bits per heavy atom. The van der Waals surface area contributed by atoms with Gasteiger partial charge in [0.1, 0.15) is 5.75 Å². The van der Waals surface area contributed by atoms with Crippen molar-refractivity contribution in [1.82, 2.24) is 5.32 Å². The Kier molecular flexibility index (Phi) is 5.10. The van der Waals surface area contributed by atoms with E-state index in [9.17, 15) is 0 Å². The summed E-state index contributed by atoms with van der Waals surface area (Å²) >= 11 is 0. The maximum Gasteiger partial charge on any atom is 0.123 e. The minimum absolute atomic E-state index is 0.0777. The number of hydrogen-bond acceptors (Lipinski definition) is 4. The number of para-hydroxylation sites is 1. The van der Waals surface area contributed by atoms with Gasteiger partial charge in [0.2, 0.25) is 0 Å². The van der Waals surface area contributed by atoms with Crippen LogP contribution in [-0.2, 0) is 6.54 Å². The lowest BCUT2D eigenvalue weighted by Gasteiger charge is -2.14. The van der Waals surface area contributed by atoms with E-state index in [0.29, 0.717) is 6.54 Å². The molecule has 0 aromatic heterocycles. The van der Waals surface area contributed by atoms with Gasteiger partial charge >= 0.3 is 0 Å². The maximum atomic E-state index is 8.88. The second kappa shape index (κ2) is 6.40. The Morgan fingerprint density at radius 2 is 1.93 bits per heavy atom. The average Bonchev–Trinajstić information content (AvgIpc) is 2.31. The fourth-order valence-electron chi connectivity index (χ4n) is 1.29. The van der Waals surface area contributed by atoms with Crippen molar-refractivity contribution in [2.75, 3.05) is 20.3 Å². The third-order valence-electron chi connectivity index (χ3n) is 2.21. The van der Waals surface area contributed by atoms with E-state index in [4.69, 9.17) is 14.9 Å². The monoisotopic (exact) mass is 211 g/mol. The van der Waals surface area contributed by atoms with Gasteiger partial charge in [-0.3, -0.25) is 0 Å². The molecule has 0 amide bonds. The number of nitrogens with one attached hydrogen (secondary N) is 1. The SMILES string of the molecule is COc1ccccc1CNC(CO)CO. The zero-order chi connectivity index (χ0) is 11.1. The van der Waals surface area contributed by atoms with Crippen molar-refractivity contribution in [3.63, 3.8) is 0 Å². The molecule has 84 valence electrons. The van der Waals surface area contributed by atoms with Crippen LogP contribution in [0, 0.1) is 0 Å². The number of methoxy groups -OCH3 is 1. The fourth-order valence-corrected chi connectivity index (χ4v) is 1.29. The summed E-state index contributed by atoms with van der Waals surface area (Å²) < 4.78 is 5.18. The van der Waals surface area contributed by atoms with Crippen molar-refractivity contribution in [3.05, 3.63) is 29.8 Å². The van der Waals surface area contributed by atoms with Crippen LogP contribution in [0.25, 0.3) is 0 Å². The van der Waals surface area contributed by atoms with Crippen LogP contribution in [0.15, 0.2) is 24.3 Å². The normalized spacial score (nSPS) is 10.7. The van der Waals surface area contributed by atoms with Gasteiger partial charge in [-0.15, -0.1) is 0 Å². The summed E-state index contributed by atoms with van der Waals surface area (Å²) in [5, 5.41) is 20.8. The van der Waals surface area contributed by atoms with Crippen molar-refractivity contribution >= 4 is 0 Å². The van der Waals surface area contributed by atoms with Gasteiger partial charge in [0.25, 0.3) is 0 Å². The van der Waals surface area contributed by atoms with Crippen molar-refractivity contribution in [2.24, 2.45) is 0 Å². The molecule has 1 aromatic rings. The Labute approximate surface area is 89.5 Å². The van der Waals surface area contributed by atoms with Gasteiger partial charge < -0.3 is 20.3 Å². The fraction of sp³-hybridized carbons (Fsp3) is 0.455. The van der Waals surface area contributed by atoms with Gasteiger partial charge in [-0.1, -0.05) is 18.2 Å². The number of benzene rings is 1. The first-order valence-electron chi connectivity index (χ1n) is 4.88. The molecule has 0 aliphatic rings. The summed E-state index contributed by atoms with van der Waals surface area (Å²) in [7, 11) is 1.62. The number of ether oxygens (including phenoxy) is 1. The largest absolute Gasteiger partial charge is 0.496 e. The first kappa shape index (κ1) is 12.0. The third-order valence-corrected chi connectivity index (χ3v) is 2.21.